The van der Waals surface area contributed by atoms with Crippen LogP contribution in [0.25, 0.3) is 0 Å². The molecule has 1 aromatic heterocycles. The Balaban J connectivity index is 1.53. The van der Waals surface area contributed by atoms with Gasteiger partial charge in [0.05, 0.1) is 5.92 Å². The third-order valence-electron chi connectivity index (χ3n) is 4.91. The minimum Gasteiger partial charge on any atom is -0.342 e. The van der Waals surface area contributed by atoms with Gasteiger partial charge in [0.2, 0.25) is 11.8 Å². The van der Waals surface area contributed by atoms with Crippen LogP contribution >= 0.6 is 11.8 Å². The lowest BCUT2D eigenvalue weighted by Crippen LogP contribution is -2.46. The summed E-state index contributed by atoms with van der Waals surface area (Å²) in [5.41, 5.74) is 0.864. The third kappa shape index (κ3) is 5.58. The predicted molar refractivity (Wildman–Crippen MR) is 113 cm³/mol. The number of pyridine rings is 1. The fourth-order valence-corrected chi connectivity index (χ4v) is 4.29. The van der Waals surface area contributed by atoms with E-state index in [1.165, 1.54) is 4.90 Å². The summed E-state index contributed by atoms with van der Waals surface area (Å²) in [4.78, 5) is 32.8. The first-order chi connectivity index (χ1) is 13.5. The fourth-order valence-electron chi connectivity index (χ4n) is 3.35. The minimum absolute atomic E-state index is 0.0538. The number of thioether (sulfide) groups is 1. The molecule has 2 amide bonds. The van der Waals surface area contributed by atoms with Crippen molar-refractivity contribution in [1.82, 2.24) is 9.88 Å². The summed E-state index contributed by atoms with van der Waals surface area (Å²) in [7, 11) is 0. The summed E-state index contributed by atoms with van der Waals surface area (Å²) in [5, 5.41) is 2.90. The van der Waals surface area contributed by atoms with E-state index in [4.69, 9.17) is 0 Å². The Labute approximate surface area is 170 Å². The van der Waals surface area contributed by atoms with E-state index < -0.39 is 0 Å². The number of hydrogen-bond donors (Lipinski definition) is 1. The smallest absolute Gasteiger partial charge is 0.230 e. The highest BCUT2D eigenvalue weighted by Crippen LogP contribution is 2.24. The molecule has 148 valence electrons. The molecule has 0 radical (unpaired) electrons. The van der Waals surface area contributed by atoms with Crippen LogP contribution in [0.15, 0.2) is 53.4 Å². The zero-order valence-corrected chi connectivity index (χ0v) is 17.2. The molecule has 1 aliphatic rings. The Bertz CT molecular complexity index is 812. The number of rotatable bonds is 6. The molecule has 2 heterocycles. The van der Waals surface area contributed by atoms with Gasteiger partial charge in [0.25, 0.3) is 0 Å². The fraction of sp³-hybridized carbons (Fsp3) is 0.409. The van der Waals surface area contributed by atoms with Crippen LogP contribution in [0.5, 0.6) is 0 Å². The Hall–Kier alpha value is -2.34. The van der Waals surface area contributed by atoms with E-state index in [-0.39, 0.29) is 23.7 Å². The number of hydrogen-bond acceptors (Lipinski definition) is 4. The van der Waals surface area contributed by atoms with Gasteiger partial charge in [-0.3, -0.25) is 9.59 Å². The monoisotopic (exact) mass is 397 g/mol. The molecule has 28 heavy (non-hydrogen) atoms. The van der Waals surface area contributed by atoms with Crippen molar-refractivity contribution in [2.24, 2.45) is 11.8 Å². The van der Waals surface area contributed by atoms with Crippen LogP contribution in [0.4, 0.5) is 5.82 Å². The summed E-state index contributed by atoms with van der Waals surface area (Å²) in [6.45, 7) is 5.08. The minimum atomic E-state index is -0.186. The number of amides is 2. The molecule has 0 saturated carbocycles. The predicted octanol–water partition coefficient (Wildman–Crippen LogP) is 4.00. The molecule has 2 unspecified atom stereocenters. The number of nitrogens with one attached hydrogen (secondary N) is 1. The lowest BCUT2D eigenvalue weighted by Gasteiger charge is -2.33. The van der Waals surface area contributed by atoms with Crippen LogP contribution in [0.2, 0.25) is 0 Å². The van der Waals surface area contributed by atoms with Crippen molar-refractivity contribution in [1.29, 1.82) is 0 Å². The number of anilines is 1. The molecule has 1 N–H and O–H groups in total. The largest absolute Gasteiger partial charge is 0.342 e. The van der Waals surface area contributed by atoms with Gasteiger partial charge in [-0.1, -0.05) is 31.2 Å². The molecule has 1 saturated heterocycles. The maximum absolute atomic E-state index is 12.9. The highest BCUT2D eigenvalue weighted by Gasteiger charge is 2.30. The van der Waals surface area contributed by atoms with Crippen molar-refractivity contribution in [3.8, 4) is 0 Å². The lowest BCUT2D eigenvalue weighted by molar-refractivity contribution is -0.137. The Kier molecular flexibility index (Phi) is 7.09. The van der Waals surface area contributed by atoms with Gasteiger partial charge in [-0.15, -0.1) is 11.8 Å². The first-order valence-corrected chi connectivity index (χ1v) is 10.7. The molecule has 5 nitrogen and oxygen atoms in total. The van der Waals surface area contributed by atoms with Crippen LogP contribution < -0.4 is 5.32 Å². The van der Waals surface area contributed by atoms with Gasteiger partial charge in [0.1, 0.15) is 5.82 Å². The third-order valence-corrected chi connectivity index (χ3v) is 6.18. The van der Waals surface area contributed by atoms with Gasteiger partial charge >= 0.3 is 0 Å². The zero-order valence-electron chi connectivity index (χ0n) is 16.4. The first-order valence-electron chi connectivity index (χ1n) is 9.74. The SMILES string of the molecule is Cc1cccc(NC(=O)C2CCCN(C(=O)C(C)CSc3ccccc3)C2)n1. The highest BCUT2D eigenvalue weighted by molar-refractivity contribution is 7.99. The highest BCUT2D eigenvalue weighted by atomic mass is 32.2. The van der Waals surface area contributed by atoms with Crippen LogP contribution in [0.3, 0.4) is 0 Å². The molecule has 3 rings (SSSR count). The van der Waals surface area contributed by atoms with E-state index in [0.29, 0.717) is 12.4 Å². The van der Waals surface area contributed by atoms with Crippen LogP contribution in [0, 0.1) is 18.8 Å². The van der Waals surface area contributed by atoms with Crippen molar-refractivity contribution in [3.05, 3.63) is 54.2 Å². The number of carbonyl (C=O) groups is 2. The molecule has 0 bridgehead atoms. The number of carbonyl (C=O) groups excluding carboxylic acids is 2. The number of nitrogens with zero attached hydrogens (tertiary/aromatic N) is 2. The molecule has 2 atom stereocenters. The topological polar surface area (TPSA) is 62.3 Å². The summed E-state index contributed by atoms with van der Waals surface area (Å²) in [6.07, 6.45) is 1.65. The van der Waals surface area contributed by atoms with Crippen molar-refractivity contribution < 1.29 is 9.59 Å². The molecule has 0 spiro atoms. The van der Waals surface area contributed by atoms with Crippen molar-refractivity contribution in [2.45, 2.75) is 31.6 Å². The maximum Gasteiger partial charge on any atom is 0.230 e. The Morgan fingerprint density at radius 3 is 2.75 bits per heavy atom. The van der Waals surface area contributed by atoms with Gasteiger partial charge < -0.3 is 10.2 Å². The molecule has 1 aromatic carbocycles. The van der Waals surface area contributed by atoms with Gasteiger partial charge in [-0.25, -0.2) is 4.98 Å². The number of likely N-dealkylation sites (tertiary alicyclic amines) is 1. The van der Waals surface area contributed by atoms with E-state index in [2.05, 4.69) is 22.4 Å². The van der Waals surface area contributed by atoms with Gasteiger partial charge in [0, 0.05) is 35.3 Å². The summed E-state index contributed by atoms with van der Waals surface area (Å²) >= 11 is 1.70. The summed E-state index contributed by atoms with van der Waals surface area (Å²) in [5.74, 6) is 1.13. The van der Waals surface area contributed by atoms with E-state index in [0.717, 1.165) is 30.8 Å². The van der Waals surface area contributed by atoms with Crippen molar-refractivity contribution in [3.63, 3.8) is 0 Å². The van der Waals surface area contributed by atoms with Gasteiger partial charge in [0.15, 0.2) is 0 Å². The Morgan fingerprint density at radius 1 is 1.21 bits per heavy atom. The second-order valence-corrected chi connectivity index (χ2v) is 8.40. The molecule has 0 aliphatic carbocycles. The van der Waals surface area contributed by atoms with E-state index >= 15 is 0 Å². The average Bonchev–Trinajstić information content (AvgIpc) is 2.72. The molecule has 1 fully saturated rings. The molecule has 1 aliphatic heterocycles. The summed E-state index contributed by atoms with van der Waals surface area (Å²) < 4.78 is 0. The van der Waals surface area contributed by atoms with Crippen LogP contribution in [-0.2, 0) is 9.59 Å². The van der Waals surface area contributed by atoms with Crippen molar-refractivity contribution >= 4 is 29.4 Å². The Morgan fingerprint density at radius 2 is 2.00 bits per heavy atom. The second kappa shape index (κ2) is 9.73. The van der Waals surface area contributed by atoms with E-state index in [1.807, 2.05) is 49.1 Å². The average molecular weight is 398 g/mol. The lowest BCUT2D eigenvalue weighted by atomic mass is 9.96. The standard InChI is InChI=1S/C22H27N3O2S/c1-16(15-28-19-10-4-3-5-11-19)22(27)25-13-7-9-18(14-25)21(26)24-20-12-6-8-17(2)23-20/h3-6,8,10-12,16,18H,7,9,13-15H2,1-2H3,(H,23,24,26). The van der Waals surface area contributed by atoms with E-state index in [1.54, 1.807) is 17.8 Å². The molecular formula is C22H27N3O2S. The number of aryl methyl sites for hydroxylation is 1. The van der Waals surface area contributed by atoms with Crippen molar-refractivity contribution in [2.75, 3.05) is 24.2 Å². The molecule has 6 heteroatoms. The number of piperidine rings is 1. The van der Waals surface area contributed by atoms with Gasteiger partial charge in [-0.2, -0.15) is 0 Å². The van der Waals surface area contributed by atoms with E-state index in [9.17, 15) is 9.59 Å². The van der Waals surface area contributed by atoms with Crippen LogP contribution in [-0.4, -0.2) is 40.5 Å². The van der Waals surface area contributed by atoms with Gasteiger partial charge in [-0.05, 0) is 44.0 Å². The first kappa shape index (κ1) is 20.4. The second-order valence-electron chi connectivity index (χ2n) is 7.30. The molecule has 2 aromatic rings. The zero-order chi connectivity index (χ0) is 19.9. The number of aromatic nitrogens is 1. The molecular weight excluding hydrogens is 370 g/mol. The normalized spacial score (nSPS) is 17.8. The van der Waals surface area contributed by atoms with Crippen LogP contribution in [0.1, 0.15) is 25.5 Å². The maximum atomic E-state index is 12.9. The summed E-state index contributed by atoms with van der Waals surface area (Å²) in [6, 6.07) is 15.7. The quantitative estimate of drug-likeness (QED) is 0.749. The number of benzene rings is 1.